The van der Waals surface area contributed by atoms with Crippen LogP contribution in [0.1, 0.15) is 44.9 Å². The summed E-state index contributed by atoms with van der Waals surface area (Å²) in [5, 5.41) is 0. The lowest BCUT2D eigenvalue weighted by atomic mass is 10.0. The van der Waals surface area contributed by atoms with Gasteiger partial charge < -0.3 is 8.92 Å². The smallest absolute Gasteiger partial charge is 0.443 e. The molecule has 2 heterocycles. The van der Waals surface area contributed by atoms with Crippen LogP contribution in [0.5, 0.6) is 5.75 Å². The molecule has 0 fully saturated rings. The zero-order chi connectivity index (χ0) is 21.3. The van der Waals surface area contributed by atoms with Gasteiger partial charge in [0.15, 0.2) is 5.75 Å². The van der Waals surface area contributed by atoms with Crippen molar-refractivity contribution in [2.45, 2.75) is 51.6 Å². The molecule has 1 aromatic rings. The van der Waals surface area contributed by atoms with Gasteiger partial charge in [-0.25, -0.2) is 4.79 Å². The third-order valence-corrected chi connectivity index (χ3v) is 4.61. The number of halogens is 3. The van der Waals surface area contributed by atoms with Crippen molar-refractivity contribution in [1.29, 1.82) is 0 Å². The molecule has 0 saturated carbocycles. The van der Waals surface area contributed by atoms with E-state index in [-0.39, 0.29) is 0 Å². The summed E-state index contributed by atoms with van der Waals surface area (Å²) >= 11 is 0. The maximum atomic E-state index is 12.4. The van der Waals surface area contributed by atoms with Gasteiger partial charge in [-0.1, -0.05) is 0 Å². The quantitative estimate of drug-likeness (QED) is 0.541. The molecule has 28 heavy (non-hydrogen) atoms. The fraction of sp³-hybridized carbons (Fsp3) is 0.529. The van der Waals surface area contributed by atoms with Crippen molar-refractivity contribution in [1.82, 2.24) is 9.88 Å². The molecule has 11 heteroatoms. The third-order valence-electron chi connectivity index (χ3n) is 3.63. The predicted octanol–water partition coefficient (Wildman–Crippen LogP) is 3.99. The van der Waals surface area contributed by atoms with Gasteiger partial charge in [0.1, 0.15) is 5.60 Å². The summed E-state index contributed by atoms with van der Waals surface area (Å²) < 4.78 is 68.9. The highest BCUT2D eigenvalue weighted by Gasteiger charge is 2.48. The van der Waals surface area contributed by atoms with Crippen LogP contribution in [-0.4, -0.2) is 42.0 Å². The molecule has 0 unspecified atom stereocenters. The Balaban J connectivity index is 2.25. The minimum atomic E-state index is -5.77. The second kappa shape index (κ2) is 7.61. The fourth-order valence-corrected chi connectivity index (χ4v) is 2.94. The van der Waals surface area contributed by atoms with Crippen molar-refractivity contribution in [3.05, 3.63) is 29.7 Å². The second-order valence-electron chi connectivity index (χ2n) is 7.25. The lowest BCUT2D eigenvalue weighted by molar-refractivity contribution is -0.0500. The molecule has 0 aromatic carbocycles. The minimum Gasteiger partial charge on any atom is -0.443 e. The summed E-state index contributed by atoms with van der Waals surface area (Å²) in [6, 6.07) is 1.15. The van der Waals surface area contributed by atoms with Crippen LogP contribution in [0.2, 0.25) is 0 Å². The van der Waals surface area contributed by atoms with Gasteiger partial charge in [0.2, 0.25) is 0 Å². The normalized spacial score (nSPS) is 15.8. The number of alkyl halides is 3. The van der Waals surface area contributed by atoms with Gasteiger partial charge in [-0.2, -0.15) is 21.6 Å². The Labute approximate surface area is 161 Å². The minimum absolute atomic E-state index is 0.409. The SMILES string of the molecule is Cc1cc(OS(=O)(=O)C(F)(F)F)cnc1C1=CN(C(=O)OC(C)(C)C)CCC1. The number of nitrogens with zero attached hydrogens (tertiary/aromatic N) is 2. The molecule has 0 atom stereocenters. The molecule has 0 N–H and O–H groups in total. The number of ether oxygens (including phenoxy) is 1. The molecule has 1 aliphatic heterocycles. The molecule has 0 radical (unpaired) electrons. The van der Waals surface area contributed by atoms with Crippen molar-refractivity contribution in [3.8, 4) is 5.75 Å². The number of amides is 1. The van der Waals surface area contributed by atoms with E-state index < -0.39 is 33.1 Å². The Morgan fingerprint density at radius 2 is 1.89 bits per heavy atom. The van der Waals surface area contributed by atoms with E-state index in [4.69, 9.17) is 4.74 Å². The first-order valence-corrected chi connectivity index (χ1v) is 9.78. The van der Waals surface area contributed by atoms with E-state index in [9.17, 15) is 26.4 Å². The topological polar surface area (TPSA) is 85.8 Å². The lowest BCUT2D eigenvalue weighted by Gasteiger charge is -2.28. The molecule has 0 spiro atoms. The maximum absolute atomic E-state index is 12.4. The Hall–Kier alpha value is -2.30. The fourth-order valence-electron chi connectivity index (χ4n) is 2.51. The zero-order valence-electron chi connectivity index (χ0n) is 15.8. The Kier molecular flexibility index (Phi) is 5.98. The van der Waals surface area contributed by atoms with E-state index in [1.165, 1.54) is 4.90 Å². The number of aryl methyl sites for hydroxylation is 1. The summed E-state index contributed by atoms with van der Waals surface area (Å²) in [4.78, 5) is 17.7. The van der Waals surface area contributed by atoms with Gasteiger partial charge in [0, 0.05) is 12.7 Å². The molecule has 7 nitrogen and oxygen atoms in total. The van der Waals surface area contributed by atoms with Crippen LogP contribution in [-0.2, 0) is 14.9 Å². The van der Waals surface area contributed by atoms with Crippen LogP contribution in [0.25, 0.3) is 5.57 Å². The van der Waals surface area contributed by atoms with Crippen LogP contribution in [0.3, 0.4) is 0 Å². The lowest BCUT2D eigenvalue weighted by Crippen LogP contribution is -2.35. The van der Waals surface area contributed by atoms with Crippen LogP contribution < -0.4 is 4.18 Å². The number of rotatable bonds is 3. The van der Waals surface area contributed by atoms with Gasteiger partial charge in [-0.05, 0) is 57.7 Å². The molecule has 1 amide bonds. The largest absolute Gasteiger partial charge is 0.534 e. The number of hydrogen-bond donors (Lipinski definition) is 0. The van der Waals surface area contributed by atoms with E-state index in [0.29, 0.717) is 36.2 Å². The molecule has 0 aliphatic carbocycles. The van der Waals surface area contributed by atoms with Crippen molar-refractivity contribution in [2.24, 2.45) is 0 Å². The number of hydrogen-bond acceptors (Lipinski definition) is 6. The third kappa shape index (κ3) is 5.37. The van der Waals surface area contributed by atoms with E-state index in [1.54, 1.807) is 33.9 Å². The highest BCUT2D eigenvalue weighted by Crippen LogP contribution is 2.31. The number of allylic oxidation sites excluding steroid dienone is 1. The monoisotopic (exact) mass is 422 g/mol. The molecular weight excluding hydrogens is 401 g/mol. The summed E-state index contributed by atoms with van der Waals surface area (Å²) in [5.74, 6) is -0.543. The summed E-state index contributed by atoms with van der Waals surface area (Å²) in [5.41, 5.74) is -4.66. The highest BCUT2D eigenvalue weighted by molar-refractivity contribution is 7.88. The zero-order valence-corrected chi connectivity index (χ0v) is 16.6. The van der Waals surface area contributed by atoms with Crippen LogP contribution in [0.15, 0.2) is 18.5 Å². The first-order chi connectivity index (χ1) is 12.7. The number of aromatic nitrogens is 1. The van der Waals surface area contributed by atoms with Crippen LogP contribution in [0, 0.1) is 6.92 Å². The standard InChI is InChI=1S/C17H21F3N2O5S/c1-11-8-13(27-28(24,25)17(18,19)20)9-21-14(11)12-6-5-7-22(10-12)15(23)26-16(2,3)4/h8-10H,5-7H2,1-4H3. The van der Waals surface area contributed by atoms with Crippen LogP contribution >= 0.6 is 0 Å². The van der Waals surface area contributed by atoms with Gasteiger partial charge in [0.05, 0.1) is 11.9 Å². The molecule has 0 bridgehead atoms. The van der Waals surface area contributed by atoms with Gasteiger partial charge in [0.25, 0.3) is 0 Å². The molecule has 0 saturated heterocycles. The number of carbonyl (C=O) groups is 1. The van der Waals surface area contributed by atoms with Crippen molar-refractivity contribution < 1.29 is 35.3 Å². The molecule has 1 aliphatic rings. The van der Waals surface area contributed by atoms with Crippen molar-refractivity contribution in [3.63, 3.8) is 0 Å². The number of pyridine rings is 1. The molecule has 2 rings (SSSR count). The van der Waals surface area contributed by atoms with Crippen molar-refractivity contribution >= 4 is 21.8 Å². The summed E-state index contributed by atoms with van der Waals surface area (Å²) in [6.07, 6.45) is 3.21. The second-order valence-corrected chi connectivity index (χ2v) is 8.79. The van der Waals surface area contributed by atoms with E-state index in [2.05, 4.69) is 9.17 Å². The van der Waals surface area contributed by atoms with Crippen molar-refractivity contribution in [2.75, 3.05) is 6.54 Å². The number of carbonyl (C=O) groups excluding carboxylic acids is 1. The molecule has 156 valence electrons. The van der Waals surface area contributed by atoms with E-state index in [1.807, 2.05) is 0 Å². The Bertz CT molecular complexity index is 889. The van der Waals surface area contributed by atoms with E-state index in [0.717, 1.165) is 12.3 Å². The average molecular weight is 422 g/mol. The predicted molar refractivity (Wildman–Crippen MR) is 94.7 cm³/mol. The Morgan fingerprint density at radius 3 is 2.43 bits per heavy atom. The van der Waals surface area contributed by atoms with Gasteiger partial charge in [-0.3, -0.25) is 9.88 Å². The summed E-state index contributed by atoms with van der Waals surface area (Å²) in [6.45, 7) is 7.27. The molecular formula is C17H21F3N2O5S. The van der Waals surface area contributed by atoms with Gasteiger partial charge >= 0.3 is 21.7 Å². The van der Waals surface area contributed by atoms with Crippen LogP contribution in [0.4, 0.5) is 18.0 Å². The first-order valence-electron chi connectivity index (χ1n) is 8.38. The van der Waals surface area contributed by atoms with Gasteiger partial charge in [-0.15, -0.1) is 0 Å². The molecule has 1 aromatic heterocycles. The maximum Gasteiger partial charge on any atom is 0.534 e. The first kappa shape index (κ1) is 22.0. The van der Waals surface area contributed by atoms with E-state index >= 15 is 0 Å². The summed E-state index contributed by atoms with van der Waals surface area (Å²) in [7, 11) is -5.77. The highest BCUT2D eigenvalue weighted by atomic mass is 32.2. The Morgan fingerprint density at radius 1 is 1.25 bits per heavy atom. The average Bonchev–Trinajstić information content (AvgIpc) is 2.52.